The highest BCUT2D eigenvalue weighted by atomic mass is 16.5. The van der Waals surface area contributed by atoms with Gasteiger partial charge in [0.05, 0.1) is 14.2 Å². The minimum Gasteiger partial charge on any atom is -0.493 e. The molecule has 132 valence electrons. The summed E-state index contributed by atoms with van der Waals surface area (Å²) in [6.45, 7) is 0. The molecule has 0 aliphatic rings. The number of hydrogen-bond acceptors (Lipinski definition) is 5. The van der Waals surface area contributed by atoms with Gasteiger partial charge in [-0.25, -0.2) is 0 Å². The van der Waals surface area contributed by atoms with Crippen LogP contribution in [0.25, 0.3) is 17.5 Å². The van der Waals surface area contributed by atoms with Crippen LogP contribution in [0.4, 0.5) is 5.95 Å². The maximum absolute atomic E-state index is 12.1. The number of rotatable bonds is 6. The summed E-state index contributed by atoms with van der Waals surface area (Å²) >= 11 is 0. The van der Waals surface area contributed by atoms with E-state index in [0.717, 1.165) is 11.1 Å². The second-order valence-corrected chi connectivity index (χ2v) is 5.31. The summed E-state index contributed by atoms with van der Waals surface area (Å²) in [5.41, 5.74) is 1.69. The van der Waals surface area contributed by atoms with Gasteiger partial charge in [-0.3, -0.25) is 15.2 Å². The Morgan fingerprint density at radius 1 is 1.08 bits per heavy atom. The Morgan fingerprint density at radius 3 is 2.58 bits per heavy atom. The molecule has 0 fully saturated rings. The van der Waals surface area contributed by atoms with Crippen LogP contribution in [0.15, 0.2) is 54.6 Å². The van der Waals surface area contributed by atoms with Crippen LogP contribution < -0.4 is 14.8 Å². The van der Waals surface area contributed by atoms with E-state index in [0.29, 0.717) is 17.3 Å². The van der Waals surface area contributed by atoms with E-state index in [9.17, 15) is 4.79 Å². The number of H-pyrrole nitrogens is 1. The maximum atomic E-state index is 12.1. The van der Waals surface area contributed by atoms with Crippen LogP contribution in [0, 0.1) is 0 Å². The summed E-state index contributed by atoms with van der Waals surface area (Å²) in [5.74, 6) is 1.69. The van der Waals surface area contributed by atoms with Gasteiger partial charge in [0.15, 0.2) is 17.3 Å². The third-order valence-corrected chi connectivity index (χ3v) is 3.60. The average molecular weight is 350 g/mol. The molecule has 1 aromatic heterocycles. The number of aromatic amines is 1. The van der Waals surface area contributed by atoms with Gasteiger partial charge in [0.1, 0.15) is 0 Å². The molecule has 7 nitrogen and oxygen atoms in total. The molecule has 0 saturated heterocycles. The number of ether oxygens (including phenoxy) is 2. The van der Waals surface area contributed by atoms with Gasteiger partial charge in [-0.1, -0.05) is 36.4 Å². The van der Waals surface area contributed by atoms with Crippen molar-refractivity contribution < 1.29 is 14.3 Å². The first kappa shape index (κ1) is 17.2. The molecular weight excluding hydrogens is 332 g/mol. The van der Waals surface area contributed by atoms with Crippen molar-refractivity contribution in [2.24, 2.45) is 0 Å². The lowest BCUT2D eigenvalue weighted by atomic mass is 10.2. The van der Waals surface area contributed by atoms with Crippen molar-refractivity contribution in [3.05, 3.63) is 60.2 Å². The molecule has 0 atom stereocenters. The minimum atomic E-state index is -0.335. The summed E-state index contributed by atoms with van der Waals surface area (Å²) in [6, 6.07) is 14.9. The van der Waals surface area contributed by atoms with Gasteiger partial charge >= 0.3 is 0 Å². The number of methoxy groups -OCH3 is 2. The van der Waals surface area contributed by atoms with Crippen LogP contribution in [0.2, 0.25) is 0 Å². The molecule has 3 aromatic rings. The Balaban J connectivity index is 1.66. The zero-order valence-electron chi connectivity index (χ0n) is 14.4. The number of aromatic nitrogens is 3. The van der Waals surface area contributed by atoms with E-state index in [2.05, 4.69) is 20.5 Å². The topological polar surface area (TPSA) is 89.1 Å². The van der Waals surface area contributed by atoms with E-state index in [-0.39, 0.29) is 11.9 Å². The summed E-state index contributed by atoms with van der Waals surface area (Å²) < 4.78 is 10.4. The Hall–Kier alpha value is -3.61. The summed E-state index contributed by atoms with van der Waals surface area (Å²) in [7, 11) is 3.13. The molecule has 2 aromatic carbocycles. The minimum absolute atomic E-state index is 0.214. The van der Waals surface area contributed by atoms with Crippen molar-refractivity contribution in [2.75, 3.05) is 19.5 Å². The molecular formula is C19H18N4O3. The van der Waals surface area contributed by atoms with Gasteiger partial charge in [-0.2, -0.15) is 4.98 Å². The first-order valence-corrected chi connectivity index (χ1v) is 7.88. The number of carbonyl (C=O) groups is 1. The second kappa shape index (κ2) is 7.98. The lowest BCUT2D eigenvalue weighted by Gasteiger charge is -2.07. The Bertz CT molecular complexity index is 920. The number of carbonyl (C=O) groups excluding carboxylic acids is 1. The molecule has 26 heavy (non-hydrogen) atoms. The van der Waals surface area contributed by atoms with Crippen LogP contribution >= 0.6 is 0 Å². The molecule has 7 heteroatoms. The van der Waals surface area contributed by atoms with Gasteiger partial charge in [-0.05, 0) is 23.8 Å². The predicted octanol–water partition coefficient (Wildman–Crippen LogP) is 3.14. The van der Waals surface area contributed by atoms with E-state index in [1.54, 1.807) is 32.4 Å². The number of amides is 1. The van der Waals surface area contributed by atoms with E-state index in [4.69, 9.17) is 9.47 Å². The van der Waals surface area contributed by atoms with Crippen molar-refractivity contribution in [3.8, 4) is 22.9 Å². The summed E-state index contributed by atoms with van der Waals surface area (Å²) in [6.07, 6.45) is 3.07. The highest BCUT2D eigenvalue weighted by molar-refractivity contribution is 6.01. The van der Waals surface area contributed by atoms with E-state index in [1.807, 2.05) is 36.4 Å². The molecule has 0 radical (unpaired) electrons. The number of anilines is 1. The normalized spacial score (nSPS) is 10.7. The fraction of sp³-hybridized carbons (Fsp3) is 0.105. The highest BCUT2D eigenvalue weighted by Crippen LogP contribution is 2.27. The number of nitrogens with zero attached hydrogens (tertiary/aromatic N) is 2. The first-order valence-electron chi connectivity index (χ1n) is 7.88. The zero-order chi connectivity index (χ0) is 18.4. The fourth-order valence-electron chi connectivity index (χ4n) is 2.32. The maximum Gasteiger partial charge on any atom is 0.250 e. The third kappa shape index (κ3) is 4.07. The highest BCUT2D eigenvalue weighted by Gasteiger charge is 2.07. The molecule has 3 rings (SSSR count). The van der Waals surface area contributed by atoms with E-state index < -0.39 is 0 Å². The number of benzene rings is 2. The molecule has 0 saturated carbocycles. The zero-order valence-corrected chi connectivity index (χ0v) is 14.4. The third-order valence-electron chi connectivity index (χ3n) is 3.60. The average Bonchev–Trinajstić information content (AvgIpc) is 3.15. The molecule has 0 aliphatic heterocycles. The lowest BCUT2D eigenvalue weighted by molar-refractivity contribution is -0.111. The molecule has 0 unspecified atom stereocenters. The van der Waals surface area contributed by atoms with Crippen LogP contribution in [0.5, 0.6) is 11.5 Å². The second-order valence-electron chi connectivity index (χ2n) is 5.31. The van der Waals surface area contributed by atoms with Crippen molar-refractivity contribution in [1.29, 1.82) is 0 Å². The summed E-state index contributed by atoms with van der Waals surface area (Å²) in [4.78, 5) is 16.3. The number of hydrogen-bond donors (Lipinski definition) is 2. The standard InChI is InChI=1S/C19H18N4O3/c1-25-15-10-8-13(12-16(15)26-2)9-11-17(24)20-19-21-18(22-23-19)14-6-4-3-5-7-14/h3-12H,1-2H3,(H2,20,21,22,23,24)/b11-9+. The van der Waals surface area contributed by atoms with Crippen molar-refractivity contribution in [3.63, 3.8) is 0 Å². The van der Waals surface area contributed by atoms with Gasteiger partial charge in [0.25, 0.3) is 5.91 Å². The quantitative estimate of drug-likeness (QED) is 0.667. The van der Waals surface area contributed by atoms with Crippen LogP contribution in [0.3, 0.4) is 0 Å². The van der Waals surface area contributed by atoms with Crippen molar-refractivity contribution in [2.45, 2.75) is 0 Å². The predicted molar refractivity (Wildman–Crippen MR) is 99.0 cm³/mol. The largest absolute Gasteiger partial charge is 0.493 e. The fourth-order valence-corrected chi connectivity index (χ4v) is 2.32. The van der Waals surface area contributed by atoms with Gasteiger partial charge in [0, 0.05) is 11.6 Å². The van der Waals surface area contributed by atoms with Gasteiger partial charge in [-0.15, -0.1) is 5.10 Å². The Morgan fingerprint density at radius 2 is 1.85 bits per heavy atom. The van der Waals surface area contributed by atoms with Gasteiger partial charge in [0.2, 0.25) is 5.95 Å². The smallest absolute Gasteiger partial charge is 0.250 e. The molecule has 0 aliphatic carbocycles. The van der Waals surface area contributed by atoms with Crippen molar-refractivity contribution >= 4 is 17.9 Å². The van der Waals surface area contributed by atoms with Crippen LogP contribution in [-0.4, -0.2) is 35.3 Å². The Kier molecular flexibility index (Phi) is 5.28. The van der Waals surface area contributed by atoms with Crippen LogP contribution in [-0.2, 0) is 4.79 Å². The number of nitrogens with one attached hydrogen (secondary N) is 2. The monoisotopic (exact) mass is 350 g/mol. The molecule has 0 bridgehead atoms. The first-order chi connectivity index (χ1) is 12.7. The van der Waals surface area contributed by atoms with Crippen LogP contribution in [0.1, 0.15) is 5.56 Å². The molecule has 1 heterocycles. The van der Waals surface area contributed by atoms with E-state index in [1.165, 1.54) is 6.08 Å². The SMILES string of the molecule is COc1ccc(/C=C/C(=O)Nc2n[nH]c(-c3ccccc3)n2)cc1OC. The molecule has 2 N–H and O–H groups in total. The molecule has 1 amide bonds. The van der Waals surface area contributed by atoms with Crippen molar-refractivity contribution in [1.82, 2.24) is 15.2 Å². The molecule has 0 spiro atoms. The van der Waals surface area contributed by atoms with E-state index >= 15 is 0 Å². The lowest BCUT2D eigenvalue weighted by Crippen LogP contribution is -2.09. The summed E-state index contributed by atoms with van der Waals surface area (Å²) in [5, 5.41) is 9.42. The van der Waals surface area contributed by atoms with Gasteiger partial charge < -0.3 is 9.47 Å². The Labute approximate surface area is 150 Å².